The second kappa shape index (κ2) is 6.61. The highest BCUT2D eigenvalue weighted by molar-refractivity contribution is 5.14. The Morgan fingerprint density at radius 3 is 2.80 bits per heavy atom. The third-order valence-electron chi connectivity index (χ3n) is 2.36. The molecule has 1 rings (SSSR count). The van der Waals surface area contributed by atoms with Gasteiger partial charge in [0.15, 0.2) is 0 Å². The van der Waals surface area contributed by atoms with Crippen molar-refractivity contribution < 1.29 is 14.3 Å². The number of aliphatic hydroxyl groups is 1. The van der Waals surface area contributed by atoms with Gasteiger partial charge in [0.2, 0.25) is 0 Å². The van der Waals surface area contributed by atoms with Crippen LogP contribution >= 0.6 is 0 Å². The highest BCUT2D eigenvalue weighted by Gasteiger charge is 2.09. The molecule has 4 nitrogen and oxygen atoms in total. The van der Waals surface area contributed by atoms with Gasteiger partial charge in [-0.2, -0.15) is 0 Å². The minimum atomic E-state index is 0.156. The smallest absolute Gasteiger partial charge is 0.120 e. The molecule has 0 saturated heterocycles. The summed E-state index contributed by atoms with van der Waals surface area (Å²) in [6.07, 6.45) is 1.69. The number of rotatable bonds is 7. The monoisotopic (exact) mass is 213 g/mol. The van der Waals surface area contributed by atoms with Gasteiger partial charge in [-0.15, -0.1) is 0 Å². The molecule has 0 atom stereocenters. The first-order valence-electron chi connectivity index (χ1n) is 5.13. The van der Waals surface area contributed by atoms with Gasteiger partial charge in [-0.25, -0.2) is 0 Å². The van der Waals surface area contributed by atoms with Gasteiger partial charge in [0.25, 0.3) is 0 Å². The summed E-state index contributed by atoms with van der Waals surface area (Å²) < 4.78 is 10.4. The lowest BCUT2D eigenvalue weighted by atomic mass is 10.2. The molecule has 0 bridgehead atoms. The molecule has 15 heavy (non-hydrogen) atoms. The highest BCUT2D eigenvalue weighted by atomic mass is 16.5. The molecule has 1 heterocycles. The van der Waals surface area contributed by atoms with Crippen LogP contribution in [0.5, 0.6) is 0 Å². The summed E-state index contributed by atoms with van der Waals surface area (Å²) in [5.74, 6) is 0.958. The largest absolute Gasteiger partial charge is 0.468 e. The molecule has 4 heteroatoms. The maximum Gasteiger partial charge on any atom is 0.120 e. The Kier molecular flexibility index (Phi) is 5.39. The average Bonchev–Trinajstić information content (AvgIpc) is 2.61. The predicted molar refractivity (Wildman–Crippen MR) is 57.7 cm³/mol. The maximum atomic E-state index is 8.92. The normalized spacial score (nSPS) is 11.2. The fourth-order valence-electron chi connectivity index (χ4n) is 1.40. The molecule has 0 saturated carbocycles. The molecule has 0 aliphatic rings. The Hall–Kier alpha value is -0.840. The zero-order valence-corrected chi connectivity index (χ0v) is 9.40. The second-order valence-electron chi connectivity index (χ2n) is 3.52. The van der Waals surface area contributed by atoms with E-state index in [-0.39, 0.29) is 6.61 Å². The van der Waals surface area contributed by atoms with Crippen molar-refractivity contribution in [3.05, 3.63) is 23.7 Å². The molecule has 0 aliphatic heterocycles. The summed E-state index contributed by atoms with van der Waals surface area (Å²) in [7, 11) is 1.68. The highest BCUT2D eigenvalue weighted by Crippen LogP contribution is 2.11. The van der Waals surface area contributed by atoms with Gasteiger partial charge in [0.05, 0.1) is 26.0 Å². The lowest BCUT2D eigenvalue weighted by Crippen LogP contribution is -2.29. The molecule has 0 aliphatic carbocycles. The minimum absolute atomic E-state index is 0.156. The SMILES string of the molecule is COCCN(CCO)Cc1occc1C. The van der Waals surface area contributed by atoms with Gasteiger partial charge < -0.3 is 14.3 Å². The summed E-state index contributed by atoms with van der Waals surface area (Å²) in [6, 6.07) is 1.95. The zero-order chi connectivity index (χ0) is 11.1. The number of ether oxygens (including phenoxy) is 1. The molecule has 86 valence electrons. The van der Waals surface area contributed by atoms with Crippen molar-refractivity contribution in [2.45, 2.75) is 13.5 Å². The predicted octanol–water partition coefficient (Wildman–Crippen LogP) is 1.03. The average molecular weight is 213 g/mol. The van der Waals surface area contributed by atoms with Gasteiger partial charge in [-0.3, -0.25) is 4.90 Å². The van der Waals surface area contributed by atoms with E-state index >= 15 is 0 Å². The van der Waals surface area contributed by atoms with Gasteiger partial charge in [-0.1, -0.05) is 0 Å². The second-order valence-corrected chi connectivity index (χ2v) is 3.52. The first kappa shape index (κ1) is 12.2. The van der Waals surface area contributed by atoms with Crippen molar-refractivity contribution in [1.29, 1.82) is 0 Å². The van der Waals surface area contributed by atoms with Crippen molar-refractivity contribution in [1.82, 2.24) is 4.90 Å². The molecule has 0 unspecified atom stereocenters. The standard InChI is InChI=1S/C11H19NO3/c1-10-3-7-15-11(10)9-12(4-6-13)5-8-14-2/h3,7,13H,4-6,8-9H2,1-2H3. The van der Waals surface area contributed by atoms with E-state index in [1.165, 1.54) is 0 Å². The van der Waals surface area contributed by atoms with Crippen LogP contribution in [-0.2, 0) is 11.3 Å². The minimum Gasteiger partial charge on any atom is -0.468 e. The van der Waals surface area contributed by atoms with Crippen molar-refractivity contribution in [2.24, 2.45) is 0 Å². The van der Waals surface area contributed by atoms with E-state index in [9.17, 15) is 0 Å². The molecule has 0 radical (unpaired) electrons. The van der Waals surface area contributed by atoms with Crippen LogP contribution in [0.25, 0.3) is 0 Å². The van der Waals surface area contributed by atoms with Crippen molar-refractivity contribution >= 4 is 0 Å². The zero-order valence-electron chi connectivity index (χ0n) is 9.40. The molecule has 1 aromatic rings. The molecule has 0 aromatic carbocycles. The third kappa shape index (κ3) is 4.03. The fourth-order valence-corrected chi connectivity index (χ4v) is 1.40. The van der Waals surface area contributed by atoms with Crippen molar-refractivity contribution in [3.63, 3.8) is 0 Å². The van der Waals surface area contributed by atoms with Crippen LogP contribution in [0, 0.1) is 6.92 Å². The molecular weight excluding hydrogens is 194 g/mol. The fraction of sp³-hybridized carbons (Fsp3) is 0.636. The summed E-state index contributed by atoms with van der Waals surface area (Å²) in [6.45, 7) is 5.01. The first-order valence-corrected chi connectivity index (χ1v) is 5.13. The Labute approximate surface area is 90.4 Å². The molecule has 0 spiro atoms. The van der Waals surface area contributed by atoms with Gasteiger partial charge in [0.1, 0.15) is 5.76 Å². The van der Waals surface area contributed by atoms with E-state index < -0.39 is 0 Å². The number of hydrogen-bond donors (Lipinski definition) is 1. The van der Waals surface area contributed by atoms with E-state index in [4.69, 9.17) is 14.3 Å². The lowest BCUT2D eigenvalue weighted by Gasteiger charge is -2.19. The van der Waals surface area contributed by atoms with E-state index in [0.717, 1.165) is 24.4 Å². The molecule has 1 aromatic heterocycles. The molecule has 1 N–H and O–H groups in total. The quantitative estimate of drug-likeness (QED) is 0.734. The maximum absolute atomic E-state index is 8.92. The van der Waals surface area contributed by atoms with Crippen LogP contribution in [0.1, 0.15) is 11.3 Å². The topological polar surface area (TPSA) is 45.8 Å². The lowest BCUT2D eigenvalue weighted by molar-refractivity contribution is 0.122. The van der Waals surface area contributed by atoms with Crippen LogP contribution in [0.2, 0.25) is 0 Å². The molecular formula is C11H19NO3. The van der Waals surface area contributed by atoms with Gasteiger partial charge >= 0.3 is 0 Å². The number of hydrogen-bond acceptors (Lipinski definition) is 4. The summed E-state index contributed by atoms with van der Waals surface area (Å²) >= 11 is 0. The summed E-state index contributed by atoms with van der Waals surface area (Å²) in [5, 5.41) is 8.92. The van der Waals surface area contributed by atoms with E-state index in [0.29, 0.717) is 13.2 Å². The van der Waals surface area contributed by atoms with E-state index in [2.05, 4.69) is 4.90 Å². The van der Waals surface area contributed by atoms with Gasteiger partial charge in [0, 0.05) is 20.2 Å². The van der Waals surface area contributed by atoms with Crippen LogP contribution < -0.4 is 0 Å². The first-order chi connectivity index (χ1) is 7.27. The number of nitrogens with zero attached hydrogens (tertiary/aromatic N) is 1. The van der Waals surface area contributed by atoms with Crippen molar-refractivity contribution in [2.75, 3.05) is 33.4 Å². The molecule has 0 fully saturated rings. The summed E-state index contributed by atoms with van der Waals surface area (Å²) in [5.41, 5.74) is 1.15. The third-order valence-corrected chi connectivity index (χ3v) is 2.36. The Morgan fingerprint density at radius 1 is 1.47 bits per heavy atom. The summed E-state index contributed by atoms with van der Waals surface area (Å²) in [4.78, 5) is 2.11. The van der Waals surface area contributed by atoms with E-state index in [1.807, 2.05) is 13.0 Å². The number of methoxy groups -OCH3 is 1. The van der Waals surface area contributed by atoms with Crippen LogP contribution in [0.15, 0.2) is 16.7 Å². The Morgan fingerprint density at radius 2 is 2.27 bits per heavy atom. The number of aliphatic hydroxyl groups excluding tert-OH is 1. The van der Waals surface area contributed by atoms with Gasteiger partial charge in [-0.05, 0) is 18.6 Å². The Balaban J connectivity index is 2.46. The number of aryl methyl sites for hydroxylation is 1. The van der Waals surface area contributed by atoms with E-state index in [1.54, 1.807) is 13.4 Å². The number of furan rings is 1. The van der Waals surface area contributed by atoms with Crippen LogP contribution in [-0.4, -0.2) is 43.4 Å². The molecule has 0 amide bonds. The van der Waals surface area contributed by atoms with Crippen LogP contribution in [0.4, 0.5) is 0 Å². The van der Waals surface area contributed by atoms with Crippen LogP contribution in [0.3, 0.4) is 0 Å². The van der Waals surface area contributed by atoms with Crippen molar-refractivity contribution in [3.8, 4) is 0 Å². The Bertz CT molecular complexity index is 273.